The molecular formula is C23H26N6. The van der Waals surface area contributed by atoms with Gasteiger partial charge in [-0.05, 0) is 49.2 Å². The van der Waals surface area contributed by atoms with Crippen LogP contribution in [-0.4, -0.2) is 45.7 Å². The third-order valence-corrected chi connectivity index (χ3v) is 6.47. The van der Waals surface area contributed by atoms with Crippen molar-refractivity contribution in [2.24, 2.45) is 0 Å². The minimum absolute atomic E-state index is 0.522. The van der Waals surface area contributed by atoms with Crippen LogP contribution in [0.5, 0.6) is 0 Å². The molecule has 6 heteroatoms. The van der Waals surface area contributed by atoms with E-state index in [1.165, 1.54) is 36.9 Å². The largest absolute Gasteiger partial charge is 0.361 e. The Morgan fingerprint density at radius 1 is 0.931 bits per heavy atom. The Balaban J connectivity index is 1.54. The smallest absolute Gasteiger partial charge is 0.167 e. The summed E-state index contributed by atoms with van der Waals surface area (Å²) in [7, 11) is 0. The second-order valence-electron chi connectivity index (χ2n) is 8.29. The average Bonchev–Trinajstić information content (AvgIpc) is 3.52. The molecule has 4 aromatic rings. The standard InChI is InChI=1S/C23H26N6/c1-2-4-16(3-1)22-26-20-7-8-21(28-13-11-24-12-14-28)27-23(20)29(22)18-5-6-19-17(15-18)9-10-25-19/h5-10,15-16,24-25H,1-4,11-14H2. The van der Waals surface area contributed by atoms with Gasteiger partial charge in [0.15, 0.2) is 5.65 Å². The minimum atomic E-state index is 0.522. The summed E-state index contributed by atoms with van der Waals surface area (Å²) < 4.78 is 2.32. The van der Waals surface area contributed by atoms with Crippen molar-refractivity contribution in [1.29, 1.82) is 0 Å². The number of imidazole rings is 1. The highest BCUT2D eigenvalue weighted by Gasteiger charge is 2.26. The first-order chi connectivity index (χ1) is 14.4. The summed E-state index contributed by atoms with van der Waals surface area (Å²) >= 11 is 0. The zero-order valence-corrected chi connectivity index (χ0v) is 16.6. The molecule has 2 fully saturated rings. The Morgan fingerprint density at radius 3 is 2.66 bits per heavy atom. The summed E-state index contributed by atoms with van der Waals surface area (Å²) in [6, 6.07) is 13.0. The first kappa shape index (κ1) is 17.0. The van der Waals surface area contributed by atoms with Crippen molar-refractivity contribution in [2.75, 3.05) is 31.1 Å². The van der Waals surface area contributed by atoms with Gasteiger partial charge in [0, 0.05) is 54.9 Å². The third kappa shape index (κ3) is 2.90. The van der Waals surface area contributed by atoms with Gasteiger partial charge < -0.3 is 15.2 Å². The number of benzene rings is 1. The molecule has 1 saturated heterocycles. The lowest BCUT2D eigenvalue weighted by Gasteiger charge is -2.28. The van der Waals surface area contributed by atoms with E-state index in [1.54, 1.807) is 0 Å². The predicted molar refractivity (Wildman–Crippen MR) is 117 cm³/mol. The summed E-state index contributed by atoms with van der Waals surface area (Å²) in [6.07, 6.45) is 7.04. The number of pyridine rings is 1. The molecule has 0 amide bonds. The van der Waals surface area contributed by atoms with Crippen LogP contribution < -0.4 is 10.2 Å². The van der Waals surface area contributed by atoms with Gasteiger partial charge in [-0.15, -0.1) is 0 Å². The summed E-state index contributed by atoms with van der Waals surface area (Å²) in [4.78, 5) is 15.9. The van der Waals surface area contributed by atoms with Gasteiger partial charge in [-0.3, -0.25) is 4.57 Å². The lowest BCUT2D eigenvalue weighted by Crippen LogP contribution is -2.43. The monoisotopic (exact) mass is 386 g/mol. The quantitative estimate of drug-likeness (QED) is 0.559. The molecule has 0 unspecified atom stereocenters. The SMILES string of the molecule is c1cc2cc(-n3c(C4CCCC4)nc4ccc(N5CCNCC5)nc43)ccc2[nH]1. The molecule has 4 heterocycles. The Labute approximate surface area is 170 Å². The van der Waals surface area contributed by atoms with Crippen LogP contribution >= 0.6 is 0 Å². The zero-order valence-electron chi connectivity index (χ0n) is 16.6. The molecule has 1 aromatic carbocycles. The maximum absolute atomic E-state index is 5.13. The highest BCUT2D eigenvalue weighted by atomic mass is 15.2. The van der Waals surface area contributed by atoms with Crippen LogP contribution in [0.3, 0.4) is 0 Å². The molecule has 1 aliphatic heterocycles. The van der Waals surface area contributed by atoms with Crippen molar-refractivity contribution >= 4 is 27.9 Å². The fraction of sp³-hybridized carbons (Fsp3) is 0.391. The number of rotatable bonds is 3. The molecule has 1 aliphatic carbocycles. The molecule has 2 N–H and O–H groups in total. The summed E-state index contributed by atoms with van der Waals surface area (Å²) in [5.41, 5.74) is 4.30. The normalized spacial score (nSPS) is 18.3. The molecular weight excluding hydrogens is 360 g/mol. The van der Waals surface area contributed by atoms with E-state index >= 15 is 0 Å². The first-order valence-corrected chi connectivity index (χ1v) is 10.8. The van der Waals surface area contributed by atoms with Crippen LogP contribution in [0.1, 0.15) is 37.4 Å². The number of nitrogens with zero attached hydrogens (tertiary/aromatic N) is 4. The van der Waals surface area contributed by atoms with Crippen molar-refractivity contribution in [2.45, 2.75) is 31.6 Å². The fourth-order valence-electron chi connectivity index (χ4n) is 4.93. The van der Waals surface area contributed by atoms with E-state index < -0.39 is 0 Å². The van der Waals surface area contributed by atoms with Gasteiger partial charge in [-0.1, -0.05) is 12.8 Å². The van der Waals surface area contributed by atoms with E-state index in [0.717, 1.165) is 54.4 Å². The van der Waals surface area contributed by atoms with Crippen molar-refractivity contribution in [3.8, 4) is 5.69 Å². The summed E-state index contributed by atoms with van der Waals surface area (Å²) in [6.45, 7) is 4.02. The molecule has 6 rings (SSSR count). The predicted octanol–water partition coefficient (Wildman–Crippen LogP) is 3.97. The van der Waals surface area contributed by atoms with E-state index in [0.29, 0.717) is 5.92 Å². The minimum Gasteiger partial charge on any atom is -0.361 e. The molecule has 0 radical (unpaired) electrons. The van der Waals surface area contributed by atoms with Crippen molar-refractivity contribution in [1.82, 2.24) is 24.8 Å². The molecule has 3 aromatic heterocycles. The van der Waals surface area contributed by atoms with Crippen LogP contribution in [0.25, 0.3) is 27.8 Å². The van der Waals surface area contributed by atoms with Crippen LogP contribution in [0.15, 0.2) is 42.6 Å². The Bertz CT molecular complexity index is 1160. The molecule has 148 valence electrons. The lowest BCUT2D eigenvalue weighted by atomic mass is 10.1. The van der Waals surface area contributed by atoms with E-state index in [4.69, 9.17) is 9.97 Å². The van der Waals surface area contributed by atoms with E-state index in [2.05, 4.69) is 56.2 Å². The topological polar surface area (TPSA) is 61.8 Å². The van der Waals surface area contributed by atoms with Gasteiger partial charge in [0.25, 0.3) is 0 Å². The molecule has 6 nitrogen and oxygen atoms in total. The zero-order chi connectivity index (χ0) is 19.2. The van der Waals surface area contributed by atoms with E-state index in [9.17, 15) is 0 Å². The van der Waals surface area contributed by atoms with Gasteiger partial charge in [0.05, 0.1) is 0 Å². The number of aromatic nitrogens is 4. The number of anilines is 1. The molecule has 0 bridgehead atoms. The van der Waals surface area contributed by atoms with E-state index in [-0.39, 0.29) is 0 Å². The highest BCUT2D eigenvalue weighted by molar-refractivity contribution is 5.83. The number of piperazine rings is 1. The van der Waals surface area contributed by atoms with Gasteiger partial charge in [-0.25, -0.2) is 9.97 Å². The second-order valence-corrected chi connectivity index (χ2v) is 8.29. The molecule has 0 atom stereocenters. The number of aromatic amines is 1. The average molecular weight is 387 g/mol. The fourth-order valence-corrected chi connectivity index (χ4v) is 4.93. The second kappa shape index (κ2) is 6.88. The van der Waals surface area contributed by atoms with Crippen LogP contribution in [-0.2, 0) is 0 Å². The maximum atomic E-state index is 5.13. The molecule has 1 saturated carbocycles. The van der Waals surface area contributed by atoms with Gasteiger partial charge in [-0.2, -0.15) is 0 Å². The number of nitrogens with one attached hydrogen (secondary N) is 2. The summed E-state index contributed by atoms with van der Waals surface area (Å²) in [5, 5.41) is 4.65. The third-order valence-electron chi connectivity index (χ3n) is 6.47. The van der Waals surface area contributed by atoms with Gasteiger partial charge in [0.2, 0.25) is 0 Å². The lowest BCUT2D eigenvalue weighted by molar-refractivity contribution is 0.585. The van der Waals surface area contributed by atoms with Gasteiger partial charge in [0.1, 0.15) is 17.2 Å². The van der Waals surface area contributed by atoms with Crippen LogP contribution in [0, 0.1) is 0 Å². The van der Waals surface area contributed by atoms with Crippen molar-refractivity contribution < 1.29 is 0 Å². The number of H-pyrrole nitrogens is 1. The Hall–Kier alpha value is -2.86. The first-order valence-electron chi connectivity index (χ1n) is 10.8. The van der Waals surface area contributed by atoms with Crippen molar-refractivity contribution in [3.63, 3.8) is 0 Å². The maximum Gasteiger partial charge on any atom is 0.167 e. The van der Waals surface area contributed by atoms with Crippen LogP contribution in [0.2, 0.25) is 0 Å². The number of hydrogen-bond acceptors (Lipinski definition) is 4. The highest BCUT2D eigenvalue weighted by Crippen LogP contribution is 2.37. The Morgan fingerprint density at radius 2 is 1.79 bits per heavy atom. The van der Waals surface area contributed by atoms with Crippen LogP contribution in [0.4, 0.5) is 5.82 Å². The number of hydrogen-bond donors (Lipinski definition) is 2. The molecule has 29 heavy (non-hydrogen) atoms. The Kier molecular flexibility index (Phi) is 4.04. The summed E-state index contributed by atoms with van der Waals surface area (Å²) in [5.74, 6) is 2.76. The van der Waals surface area contributed by atoms with E-state index in [1.807, 2.05) is 6.20 Å². The molecule has 0 spiro atoms. The number of fused-ring (bicyclic) bond motifs is 2. The van der Waals surface area contributed by atoms with Gasteiger partial charge >= 0.3 is 0 Å². The molecule has 2 aliphatic rings. The van der Waals surface area contributed by atoms with Crippen molar-refractivity contribution in [3.05, 3.63) is 48.4 Å².